The molecular formula is C17H29N3O4. The van der Waals surface area contributed by atoms with E-state index in [1.807, 2.05) is 33.9 Å². The van der Waals surface area contributed by atoms with E-state index < -0.39 is 11.4 Å². The summed E-state index contributed by atoms with van der Waals surface area (Å²) in [5, 5.41) is 14.0. The molecule has 0 aliphatic carbocycles. The first-order chi connectivity index (χ1) is 11.0. The van der Waals surface area contributed by atoms with Crippen LogP contribution in [0.4, 0.5) is 4.79 Å². The number of carbonyl (C=O) groups excluding carboxylic acids is 1. The van der Waals surface area contributed by atoms with E-state index in [2.05, 4.69) is 5.10 Å². The van der Waals surface area contributed by atoms with Crippen LogP contribution < -0.4 is 0 Å². The maximum atomic E-state index is 12.8. The first-order valence-electron chi connectivity index (χ1n) is 8.33. The predicted octanol–water partition coefficient (Wildman–Crippen LogP) is 2.61. The number of aromatic nitrogens is 2. The number of nitrogens with zero attached hydrogens (tertiary/aromatic N) is 3. The zero-order valence-electron chi connectivity index (χ0n) is 15.4. The zero-order valence-corrected chi connectivity index (χ0v) is 15.4. The molecule has 136 valence electrons. The van der Waals surface area contributed by atoms with Crippen LogP contribution in [0.2, 0.25) is 0 Å². The van der Waals surface area contributed by atoms with Gasteiger partial charge in [0.25, 0.3) is 0 Å². The van der Waals surface area contributed by atoms with Crippen molar-refractivity contribution in [2.24, 2.45) is 7.05 Å². The van der Waals surface area contributed by atoms with Gasteiger partial charge in [-0.2, -0.15) is 5.10 Å². The van der Waals surface area contributed by atoms with E-state index in [1.54, 1.807) is 29.6 Å². The van der Waals surface area contributed by atoms with Gasteiger partial charge in [0.15, 0.2) is 5.79 Å². The lowest BCUT2D eigenvalue weighted by Crippen LogP contribution is -2.44. The van der Waals surface area contributed by atoms with E-state index in [0.29, 0.717) is 0 Å². The van der Waals surface area contributed by atoms with Crippen LogP contribution in [-0.4, -0.2) is 49.9 Å². The largest absolute Gasteiger partial charge is 0.444 e. The van der Waals surface area contributed by atoms with Crippen LogP contribution in [0, 0.1) is 0 Å². The molecule has 0 unspecified atom stereocenters. The number of hydrogen-bond acceptors (Lipinski definition) is 5. The monoisotopic (exact) mass is 339 g/mol. The number of rotatable bonds is 4. The van der Waals surface area contributed by atoms with Crippen molar-refractivity contribution in [2.45, 2.75) is 70.9 Å². The molecule has 0 aromatic carbocycles. The molecule has 1 fully saturated rings. The van der Waals surface area contributed by atoms with Gasteiger partial charge >= 0.3 is 6.09 Å². The molecule has 7 heteroatoms. The number of amides is 1. The molecule has 1 aliphatic rings. The van der Waals surface area contributed by atoms with Gasteiger partial charge in [-0.05, 0) is 53.5 Å². The predicted molar refractivity (Wildman–Crippen MR) is 89.3 cm³/mol. The van der Waals surface area contributed by atoms with Crippen molar-refractivity contribution < 1.29 is 19.4 Å². The summed E-state index contributed by atoms with van der Waals surface area (Å²) in [7, 11) is 1.86. The summed E-state index contributed by atoms with van der Waals surface area (Å²) in [6.45, 7) is 8.97. The Kier molecular flexibility index (Phi) is 5.25. The fourth-order valence-corrected chi connectivity index (χ4v) is 2.94. The molecule has 1 N–H and O–H groups in total. The second-order valence-corrected chi connectivity index (χ2v) is 7.77. The molecule has 1 aliphatic heterocycles. The van der Waals surface area contributed by atoms with Crippen LogP contribution >= 0.6 is 0 Å². The molecule has 0 bridgehead atoms. The zero-order chi connectivity index (χ0) is 18.1. The van der Waals surface area contributed by atoms with E-state index in [-0.39, 0.29) is 24.8 Å². The topological polar surface area (TPSA) is 76.8 Å². The third-order valence-electron chi connectivity index (χ3n) is 3.94. The normalized spacial score (nSPS) is 22.0. The highest BCUT2D eigenvalue weighted by molar-refractivity contribution is 5.69. The van der Waals surface area contributed by atoms with E-state index in [9.17, 15) is 9.90 Å². The second kappa shape index (κ2) is 6.72. The van der Waals surface area contributed by atoms with Crippen LogP contribution in [0.25, 0.3) is 0 Å². The highest BCUT2D eigenvalue weighted by Gasteiger charge is 2.41. The van der Waals surface area contributed by atoms with Crippen molar-refractivity contribution in [3.63, 3.8) is 0 Å². The lowest BCUT2D eigenvalue weighted by Gasteiger charge is -2.33. The van der Waals surface area contributed by atoms with Gasteiger partial charge in [-0.15, -0.1) is 0 Å². The Bertz CT molecular complexity index is 571. The molecule has 1 aromatic rings. The maximum Gasteiger partial charge on any atom is 0.411 e. The SMILES string of the molecule is Cn1nccc1[C@H]1CC[C@@H](COC(C)(C)O)N1C(=O)OC(C)(C)C. The lowest BCUT2D eigenvalue weighted by atomic mass is 10.1. The minimum atomic E-state index is -1.23. The molecule has 0 spiro atoms. The van der Waals surface area contributed by atoms with E-state index in [1.165, 1.54) is 0 Å². The molecule has 1 saturated heterocycles. The number of likely N-dealkylation sites (tertiary alicyclic amines) is 1. The summed E-state index contributed by atoms with van der Waals surface area (Å²) in [5.41, 5.74) is 0.393. The number of aryl methyl sites for hydroxylation is 1. The van der Waals surface area contributed by atoms with Gasteiger partial charge in [-0.1, -0.05) is 0 Å². The smallest absolute Gasteiger partial charge is 0.411 e. The van der Waals surface area contributed by atoms with Crippen molar-refractivity contribution in [1.82, 2.24) is 14.7 Å². The Morgan fingerprint density at radius 3 is 2.50 bits per heavy atom. The first kappa shape index (κ1) is 18.7. The van der Waals surface area contributed by atoms with Crippen LogP contribution in [0.15, 0.2) is 12.3 Å². The average Bonchev–Trinajstić information content (AvgIpc) is 2.98. The Labute approximate surface area is 143 Å². The molecule has 7 nitrogen and oxygen atoms in total. The second-order valence-electron chi connectivity index (χ2n) is 7.77. The molecule has 0 saturated carbocycles. The number of carbonyl (C=O) groups is 1. The van der Waals surface area contributed by atoms with Gasteiger partial charge in [0.05, 0.1) is 24.4 Å². The fourth-order valence-electron chi connectivity index (χ4n) is 2.94. The third kappa shape index (κ3) is 4.70. The lowest BCUT2D eigenvalue weighted by molar-refractivity contribution is -0.183. The molecule has 0 radical (unpaired) electrons. The first-order valence-corrected chi connectivity index (χ1v) is 8.33. The molecule has 24 heavy (non-hydrogen) atoms. The highest BCUT2D eigenvalue weighted by atomic mass is 16.6. The summed E-state index contributed by atoms with van der Waals surface area (Å²) in [6.07, 6.45) is 2.95. The third-order valence-corrected chi connectivity index (χ3v) is 3.94. The van der Waals surface area contributed by atoms with Gasteiger partial charge in [-0.3, -0.25) is 9.58 Å². The van der Waals surface area contributed by atoms with E-state index >= 15 is 0 Å². The van der Waals surface area contributed by atoms with Gasteiger partial charge in [0.1, 0.15) is 5.60 Å². The Morgan fingerprint density at radius 1 is 1.33 bits per heavy atom. The minimum absolute atomic E-state index is 0.109. The molecule has 2 heterocycles. The van der Waals surface area contributed by atoms with Crippen LogP contribution in [0.1, 0.15) is 59.2 Å². The fraction of sp³-hybridized carbons (Fsp3) is 0.765. The summed E-state index contributed by atoms with van der Waals surface area (Å²) in [6, 6.07) is 1.66. The van der Waals surface area contributed by atoms with Crippen molar-refractivity contribution in [3.05, 3.63) is 18.0 Å². The van der Waals surface area contributed by atoms with Crippen molar-refractivity contribution in [1.29, 1.82) is 0 Å². The van der Waals surface area contributed by atoms with Gasteiger partial charge in [-0.25, -0.2) is 4.79 Å². The summed E-state index contributed by atoms with van der Waals surface area (Å²) < 4.78 is 12.9. The summed E-state index contributed by atoms with van der Waals surface area (Å²) in [4.78, 5) is 14.5. The Morgan fingerprint density at radius 2 is 2.00 bits per heavy atom. The summed E-state index contributed by atoms with van der Waals surface area (Å²) in [5.74, 6) is -1.23. The van der Waals surface area contributed by atoms with Crippen molar-refractivity contribution in [2.75, 3.05) is 6.61 Å². The van der Waals surface area contributed by atoms with Crippen LogP contribution in [-0.2, 0) is 16.5 Å². The minimum Gasteiger partial charge on any atom is -0.444 e. The number of hydrogen-bond donors (Lipinski definition) is 1. The molecular weight excluding hydrogens is 310 g/mol. The average molecular weight is 339 g/mol. The quantitative estimate of drug-likeness (QED) is 0.853. The van der Waals surface area contributed by atoms with Crippen molar-refractivity contribution in [3.8, 4) is 0 Å². The van der Waals surface area contributed by atoms with Crippen LogP contribution in [0.5, 0.6) is 0 Å². The molecule has 2 atom stereocenters. The Balaban J connectivity index is 2.22. The van der Waals surface area contributed by atoms with Gasteiger partial charge < -0.3 is 14.6 Å². The number of aliphatic hydroxyl groups is 1. The van der Waals surface area contributed by atoms with Gasteiger partial charge in [0.2, 0.25) is 0 Å². The van der Waals surface area contributed by atoms with Crippen molar-refractivity contribution >= 4 is 6.09 Å². The standard InChI is InChI=1S/C17H29N3O4/c1-16(2,3)24-15(21)20-12(11-23-17(4,5)22)7-8-14(20)13-9-10-18-19(13)6/h9-10,12,14,22H,7-8,11H2,1-6H3/t12-,14+/m0/s1. The Hall–Kier alpha value is -1.60. The highest BCUT2D eigenvalue weighted by Crippen LogP contribution is 2.37. The van der Waals surface area contributed by atoms with E-state index in [4.69, 9.17) is 9.47 Å². The van der Waals surface area contributed by atoms with Crippen LogP contribution in [0.3, 0.4) is 0 Å². The number of ether oxygens (including phenoxy) is 2. The maximum absolute atomic E-state index is 12.8. The van der Waals surface area contributed by atoms with E-state index in [0.717, 1.165) is 18.5 Å². The molecule has 1 aromatic heterocycles. The van der Waals surface area contributed by atoms with Gasteiger partial charge in [0, 0.05) is 13.2 Å². The molecule has 2 rings (SSSR count). The summed E-state index contributed by atoms with van der Waals surface area (Å²) >= 11 is 0. The molecule has 1 amide bonds.